The van der Waals surface area contributed by atoms with Crippen LogP contribution in [0.15, 0.2) is 18.2 Å². The first kappa shape index (κ1) is 14.2. The molecule has 0 bridgehead atoms. The Hall–Kier alpha value is -1.26. The highest BCUT2D eigenvalue weighted by molar-refractivity contribution is 5.37. The van der Waals surface area contributed by atoms with Gasteiger partial charge >= 0.3 is 6.18 Å². The number of nitrogens with one attached hydrogen (secondary N) is 1. The molecule has 2 unspecified atom stereocenters. The van der Waals surface area contributed by atoms with Crippen LogP contribution in [0.2, 0.25) is 0 Å². The van der Waals surface area contributed by atoms with E-state index >= 15 is 0 Å². The molecule has 1 aliphatic rings. The van der Waals surface area contributed by atoms with Gasteiger partial charge < -0.3 is 5.32 Å². The van der Waals surface area contributed by atoms with Gasteiger partial charge in [0.2, 0.25) is 0 Å². The third-order valence-corrected chi connectivity index (χ3v) is 3.81. The molecule has 0 aliphatic heterocycles. The number of nitrogens with zero attached hydrogens (tertiary/aromatic N) is 1. The topological polar surface area (TPSA) is 24.9 Å². The van der Waals surface area contributed by atoms with Crippen LogP contribution in [0.4, 0.5) is 19.0 Å². The van der Waals surface area contributed by atoms with E-state index in [1.165, 1.54) is 12.5 Å². The minimum absolute atomic E-state index is 0.245. The van der Waals surface area contributed by atoms with Gasteiger partial charge in [-0.25, -0.2) is 4.98 Å². The Labute approximate surface area is 111 Å². The summed E-state index contributed by atoms with van der Waals surface area (Å²) in [5.74, 6) is 0.866. The summed E-state index contributed by atoms with van der Waals surface area (Å²) in [6, 6.07) is 4.26. The van der Waals surface area contributed by atoms with Crippen molar-refractivity contribution in [3.8, 4) is 0 Å². The van der Waals surface area contributed by atoms with Crippen molar-refractivity contribution in [3.05, 3.63) is 23.9 Å². The lowest BCUT2D eigenvalue weighted by atomic mass is 9.83. The number of alkyl halides is 3. The fourth-order valence-corrected chi connectivity index (χ4v) is 2.75. The van der Waals surface area contributed by atoms with Crippen molar-refractivity contribution in [2.75, 3.05) is 5.32 Å². The Kier molecular flexibility index (Phi) is 4.32. The van der Waals surface area contributed by atoms with E-state index in [1.807, 2.05) is 0 Å². The average molecular weight is 272 g/mol. The lowest BCUT2D eigenvalue weighted by Gasteiger charge is -2.32. The van der Waals surface area contributed by atoms with Crippen LogP contribution in [0.1, 0.15) is 44.7 Å². The molecule has 2 atom stereocenters. The molecule has 1 fully saturated rings. The molecule has 0 aromatic carbocycles. The maximum absolute atomic E-state index is 12.6. The molecule has 2 nitrogen and oxygen atoms in total. The third kappa shape index (κ3) is 3.61. The molecule has 5 heteroatoms. The van der Waals surface area contributed by atoms with E-state index in [-0.39, 0.29) is 6.04 Å². The first-order valence-corrected chi connectivity index (χ1v) is 6.81. The van der Waals surface area contributed by atoms with Crippen LogP contribution in [-0.4, -0.2) is 11.0 Å². The highest BCUT2D eigenvalue weighted by atomic mass is 19.4. The first-order chi connectivity index (χ1) is 9.00. The van der Waals surface area contributed by atoms with Crippen LogP contribution >= 0.6 is 0 Å². The zero-order chi connectivity index (χ0) is 13.9. The summed E-state index contributed by atoms with van der Waals surface area (Å²) in [5.41, 5.74) is -0.832. The number of hydrogen-bond donors (Lipinski definition) is 1. The van der Waals surface area contributed by atoms with E-state index in [0.29, 0.717) is 11.7 Å². The molecule has 0 spiro atoms. The molecule has 0 saturated heterocycles. The second kappa shape index (κ2) is 5.80. The normalized spacial score (nSPS) is 24.2. The number of rotatable bonds is 3. The fourth-order valence-electron chi connectivity index (χ4n) is 2.75. The van der Waals surface area contributed by atoms with Gasteiger partial charge in [-0.05, 0) is 30.9 Å². The molecular weight excluding hydrogens is 253 g/mol. The number of anilines is 1. The van der Waals surface area contributed by atoms with Crippen molar-refractivity contribution >= 4 is 5.82 Å². The highest BCUT2D eigenvalue weighted by Gasteiger charge is 2.32. The summed E-state index contributed by atoms with van der Waals surface area (Å²) >= 11 is 0. The number of aromatic nitrogens is 1. The lowest BCUT2D eigenvalue weighted by Crippen LogP contribution is -2.32. The van der Waals surface area contributed by atoms with Crippen LogP contribution < -0.4 is 5.32 Å². The summed E-state index contributed by atoms with van der Waals surface area (Å²) in [7, 11) is 0. The van der Waals surface area contributed by atoms with E-state index in [2.05, 4.69) is 17.2 Å². The second-order valence-electron chi connectivity index (χ2n) is 5.11. The summed E-state index contributed by atoms with van der Waals surface area (Å²) in [6.45, 7) is 2.13. The van der Waals surface area contributed by atoms with Gasteiger partial charge in [-0.3, -0.25) is 0 Å². The molecular formula is C14H19F3N2. The zero-order valence-corrected chi connectivity index (χ0v) is 11.0. The van der Waals surface area contributed by atoms with Crippen LogP contribution in [0.5, 0.6) is 0 Å². The van der Waals surface area contributed by atoms with Crippen LogP contribution in [0.3, 0.4) is 0 Å². The van der Waals surface area contributed by atoms with Crippen molar-refractivity contribution in [2.24, 2.45) is 5.92 Å². The summed E-state index contributed by atoms with van der Waals surface area (Å²) in [4.78, 5) is 3.67. The van der Waals surface area contributed by atoms with Crippen LogP contribution in [0.25, 0.3) is 0 Å². The molecule has 1 saturated carbocycles. The molecule has 1 heterocycles. The Bertz CT molecular complexity index is 417. The predicted molar refractivity (Wildman–Crippen MR) is 68.9 cm³/mol. The van der Waals surface area contributed by atoms with E-state index < -0.39 is 11.9 Å². The summed E-state index contributed by atoms with van der Waals surface area (Å²) in [6.07, 6.45) is 1.18. The molecule has 2 rings (SSSR count). The molecule has 0 radical (unpaired) electrons. The summed E-state index contributed by atoms with van der Waals surface area (Å²) < 4.78 is 37.8. The van der Waals surface area contributed by atoms with Crippen LogP contribution in [-0.2, 0) is 6.18 Å². The van der Waals surface area contributed by atoms with Crippen molar-refractivity contribution in [3.63, 3.8) is 0 Å². The first-order valence-electron chi connectivity index (χ1n) is 6.81. The lowest BCUT2D eigenvalue weighted by molar-refractivity contribution is -0.141. The Morgan fingerprint density at radius 1 is 1.26 bits per heavy atom. The van der Waals surface area contributed by atoms with Gasteiger partial charge in [0.15, 0.2) is 0 Å². The molecule has 1 aromatic heterocycles. The van der Waals surface area contributed by atoms with E-state index in [4.69, 9.17) is 0 Å². The molecule has 1 aromatic rings. The van der Waals surface area contributed by atoms with E-state index in [0.717, 1.165) is 31.7 Å². The molecule has 106 valence electrons. The maximum Gasteiger partial charge on any atom is 0.433 e. The smallest absolute Gasteiger partial charge is 0.367 e. The minimum Gasteiger partial charge on any atom is -0.367 e. The zero-order valence-electron chi connectivity index (χ0n) is 11.0. The maximum atomic E-state index is 12.6. The number of halogens is 3. The monoisotopic (exact) mass is 272 g/mol. The van der Waals surface area contributed by atoms with Crippen LogP contribution in [0, 0.1) is 5.92 Å². The molecule has 1 aliphatic carbocycles. The highest BCUT2D eigenvalue weighted by Crippen LogP contribution is 2.31. The van der Waals surface area contributed by atoms with Gasteiger partial charge in [-0.1, -0.05) is 32.3 Å². The van der Waals surface area contributed by atoms with Crippen molar-refractivity contribution in [1.29, 1.82) is 0 Å². The van der Waals surface area contributed by atoms with Gasteiger partial charge in [0, 0.05) is 6.04 Å². The molecule has 1 N–H and O–H groups in total. The van der Waals surface area contributed by atoms with Crippen molar-refractivity contribution < 1.29 is 13.2 Å². The SMILES string of the molecule is CCC1CCCCC1Nc1cccc(C(F)(F)F)n1. The van der Waals surface area contributed by atoms with Gasteiger partial charge in [0.1, 0.15) is 11.5 Å². The van der Waals surface area contributed by atoms with Gasteiger partial charge in [-0.2, -0.15) is 13.2 Å². The predicted octanol–water partition coefficient (Wildman–Crippen LogP) is 4.48. The quantitative estimate of drug-likeness (QED) is 0.877. The fraction of sp³-hybridized carbons (Fsp3) is 0.643. The van der Waals surface area contributed by atoms with E-state index in [9.17, 15) is 13.2 Å². The van der Waals surface area contributed by atoms with E-state index in [1.54, 1.807) is 6.07 Å². The van der Waals surface area contributed by atoms with Crippen molar-refractivity contribution in [1.82, 2.24) is 4.98 Å². The van der Waals surface area contributed by atoms with Gasteiger partial charge in [0.25, 0.3) is 0 Å². The second-order valence-corrected chi connectivity index (χ2v) is 5.11. The van der Waals surface area contributed by atoms with Gasteiger partial charge in [-0.15, -0.1) is 0 Å². The molecule has 0 amide bonds. The van der Waals surface area contributed by atoms with Gasteiger partial charge in [0.05, 0.1) is 0 Å². The number of hydrogen-bond acceptors (Lipinski definition) is 2. The Morgan fingerprint density at radius 2 is 2.00 bits per heavy atom. The summed E-state index contributed by atoms with van der Waals surface area (Å²) in [5, 5.41) is 3.18. The third-order valence-electron chi connectivity index (χ3n) is 3.81. The number of pyridine rings is 1. The standard InChI is InChI=1S/C14H19F3N2/c1-2-10-6-3-4-7-11(10)18-13-9-5-8-12(19-13)14(15,16)17/h5,8-11H,2-4,6-7H2,1H3,(H,18,19). The molecule has 19 heavy (non-hydrogen) atoms. The van der Waals surface area contributed by atoms with Crippen molar-refractivity contribution in [2.45, 2.75) is 51.2 Å². The largest absolute Gasteiger partial charge is 0.433 e. The Morgan fingerprint density at radius 3 is 2.68 bits per heavy atom. The average Bonchev–Trinajstić information content (AvgIpc) is 2.39. The Balaban J connectivity index is 2.10. The minimum atomic E-state index is -4.38.